The van der Waals surface area contributed by atoms with Crippen LogP contribution in [0.15, 0.2) is 54.9 Å². The number of unbranched alkanes of at least 4 members (excludes halogenated alkanes) is 1. The molecule has 2 aromatic heterocycles. The second-order valence-electron chi connectivity index (χ2n) is 8.83. The van der Waals surface area contributed by atoms with Gasteiger partial charge in [-0.2, -0.15) is 0 Å². The molecule has 0 bridgehead atoms. The Bertz CT molecular complexity index is 1040. The molecule has 0 unspecified atom stereocenters. The van der Waals surface area contributed by atoms with Gasteiger partial charge in [0.1, 0.15) is 0 Å². The summed E-state index contributed by atoms with van der Waals surface area (Å²) in [4.78, 5) is 11.2. The van der Waals surface area contributed by atoms with E-state index in [4.69, 9.17) is 34.8 Å². The minimum absolute atomic E-state index is 0.157. The van der Waals surface area contributed by atoms with E-state index in [1.807, 2.05) is 24.4 Å². The van der Waals surface area contributed by atoms with Gasteiger partial charge in [0, 0.05) is 35.9 Å². The minimum atomic E-state index is -0.157. The number of nitrogens with zero attached hydrogens (tertiary/aromatic N) is 3. The minimum Gasteiger partial charge on any atom is -0.311 e. The Balaban J connectivity index is 1.46. The molecular weight excluding hydrogens is 475 g/mol. The molecule has 4 nitrogen and oxygen atoms in total. The maximum Gasteiger partial charge on any atom is 0.0730 e. The highest BCUT2D eigenvalue weighted by Gasteiger charge is 2.26. The zero-order chi connectivity index (χ0) is 23.8. The Labute approximate surface area is 212 Å². The molecule has 3 aromatic rings. The Morgan fingerprint density at radius 1 is 0.939 bits per heavy atom. The average Bonchev–Trinajstić information content (AvgIpc) is 2.78. The van der Waals surface area contributed by atoms with Crippen molar-refractivity contribution in [3.05, 3.63) is 92.4 Å². The number of hydrogen-bond acceptors (Lipinski definition) is 4. The lowest BCUT2D eigenvalue weighted by Crippen LogP contribution is -2.25. The van der Waals surface area contributed by atoms with E-state index in [9.17, 15) is 0 Å². The summed E-state index contributed by atoms with van der Waals surface area (Å²) in [5, 5.41) is 5.49. The lowest BCUT2D eigenvalue weighted by Gasteiger charge is -2.28. The van der Waals surface area contributed by atoms with Gasteiger partial charge in [-0.05, 0) is 68.4 Å². The highest BCUT2D eigenvalue weighted by atomic mass is 35.5. The first-order valence-corrected chi connectivity index (χ1v) is 12.3. The van der Waals surface area contributed by atoms with Crippen LogP contribution in [0, 0.1) is 0 Å². The molecular formula is C26H31Cl3N4. The van der Waals surface area contributed by atoms with Crippen LogP contribution in [0.5, 0.6) is 0 Å². The normalized spacial score (nSPS) is 11.8. The Morgan fingerprint density at radius 2 is 1.70 bits per heavy atom. The molecule has 0 spiro atoms. The van der Waals surface area contributed by atoms with Crippen molar-refractivity contribution in [1.82, 2.24) is 20.2 Å². The predicted molar refractivity (Wildman–Crippen MR) is 139 cm³/mol. The van der Waals surface area contributed by atoms with Gasteiger partial charge in [-0.3, -0.25) is 9.97 Å². The molecule has 1 aromatic carbocycles. The summed E-state index contributed by atoms with van der Waals surface area (Å²) >= 11 is 18.2. The first-order valence-electron chi connectivity index (χ1n) is 11.2. The van der Waals surface area contributed by atoms with Crippen molar-refractivity contribution in [1.29, 1.82) is 0 Å². The summed E-state index contributed by atoms with van der Waals surface area (Å²) in [6.45, 7) is 7.82. The lowest BCUT2D eigenvalue weighted by molar-refractivity contribution is 0.314. The van der Waals surface area contributed by atoms with Crippen LogP contribution in [0.4, 0.5) is 0 Å². The van der Waals surface area contributed by atoms with Gasteiger partial charge < -0.3 is 10.2 Å². The van der Waals surface area contributed by atoms with Crippen molar-refractivity contribution >= 4 is 34.8 Å². The van der Waals surface area contributed by atoms with Gasteiger partial charge in [0.25, 0.3) is 0 Å². The SMILES string of the molecule is CN(CCCCNCc1ncccc1C(C)(C)c1ccc(Cl)cc1)Cc1ncc(Cl)cc1Cl. The first kappa shape index (κ1) is 25.9. The van der Waals surface area contributed by atoms with Gasteiger partial charge in [0.15, 0.2) is 0 Å². The zero-order valence-corrected chi connectivity index (χ0v) is 21.7. The fourth-order valence-electron chi connectivity index (χ4n) is 3.90. The van der Waals surface area contributed by atoms with Gasteiger partial charge in [-0.25, -0.2) is 0 Å². The average molecular weight is 506 g/mol. The third-order valence-corrected chi connectivity index (χ3v) is 6.65. The van der Waals surface area contributed by atoms with Crippen molar-refractivity contribution < 1.29 is 0 Å². The number of pyridine rings is 2. The monoisotopic (exact) mass is 504 g/mol. The summed E-state index contributed by atoms with van der Waals surface area (Å²) in [5.41, 5.74) is 4.23. The molecule has 0 aliphatic rings. The summed E-state index contributed by atoms with van der Waals surface area (Å²) in [5.74, 6) is 0. The molecule has 0 radical (unpaired) electrons. The maximum atomic E-state index is 6.23. The second-order valence-corrected chi connectivity index (χ2v) is 10.1. The van der Waals surface area contributed by atoms with E-state index in [1.54, 1.807) is 12.3 Å². The third kappa shape index (κ3) is 7.40. The molecule has 0 aliphatic carbocycles. The molecule has 0 saturated carbocycles. The molecule has 33 heavy (non-hydrogen) atoms. The smallest absolute Gasteiger partial charge is 0.0730 e. The van der Waals surface area contributed by atoms with Crippen LogP contribution >= 0.6 is 34.8 Å². The van der Waals surface area contributed by atoms with Gasteiger partial charge in [-0.15, -0.1) is 0 Å². The van der Waals surface area contributed by atoms with Gasteiger partial charge in [0.2, 0.25) is 0 Å². The van der Waals surface area contributed by atoms with Crippen LogP contribution in [0.3, 0.4) is 0 Å². The van der Waals surface area contributed by atoms with E-state index in [0.717, 1.165) is 48.9 Å². The topological polar surface area (TPSA) is 41.0 Å². The fraction of sp³-hybridized carbons (Fsp3) is 0.385. The number of aromatic nitrogens is 2. The summed E-state index contributed by atoms with van der Waals surface area (Å²) < 4.78 is 0. The van der Waals surface area contributed by atoms with E-state index in [1.165, 1.54) is 11.1 Å². The van der Waals surface area contributed by atoms with Crippen LogP contribution < -0.4 is 5.32 Å². The zero-order valence-electron chi connectivity index (χ0n) is 19.4. The fourth-order valence-corrected chi connectivity index (χ4v) is 4.47. The summed E-state index contributed by atoms with van der Waals surface area (Å²) in [6.07, 6.45) is 5.67. The highest BCUT2D eigenvalue weighted by molar-refractivity contribution is 6.34. The molecule has 1 N–H and O–H groups in total. The standard InChI is InChI=1S/C26H31Cl3N4/c1-26(2,19-8-10-20(27)11-9-19)22-7-6-13-31-24(22)17-30-12-4-5-14-33(3)18-25-23(29)15-21(28)16-32-25/h6-11,13,15-16,30H,4-5,12,14,17-18H2,1-3H3. The van der Waals surface area contributed by atoms with E-state index >= 15 is 0 Å². The quantitative estimate of drug-likeness (QED) is 0.292. The van der Waals surface area contributed by atoms with Gasteiger partial charge in [0.05, 0.1) is 21.4 Å². The Kier molecular flexibility index (Phi) is 9.54. The van der Waals surface area contributed by atoms with E-state index in [-0.39, 0.29) is 5.41 Å². The van der Waals surface area contributed by atoms with Crippen LogP contribution in [0.1, 0.15) is 49.2 Å². The number of halogens is 3. The van der Waals surface area contributed by atoms with E-state index < -0.39 is 0 Å². The van der Waals surface area contributed by atoms with Crippen molar-refractivity contribution in [3.63, 3.8) is 0 Å². The van der Waals surface area contributed by atoms with Crippen molar-refractivity contribution in [2.75, 3.05) is 20.1 Å². The molecule has 0 fully saturated rings. The maximum absolute atomic E-state index is 6.23. The van der Waals surface area contributed by atoms with Crippen LogP contribution in [0.25, 0.3) is 0 Å². The largest absolute Gasteiger partial charge is 0.311 e. The van der Waals surface area contributed by atoms with Crippen LogP contribution in [0.2, 0.25) is 15.1 Å². The van der Waals surface area contributed by atoms with E-state index in [0.29, 0.717) is 16.6 Å². The van der Waals surface area contributed by atoms with Gasteiger partial charge in [-0.1, -0.05) is 66.8 Å². The second kappa shape index (κ2) is 12.1. The number of benzene rings is 1. The molecule has 7 heteroatoms. The van der Waals surface area contributed by atoms with Gasteiger partial charge >= 0.3 is 0 Å². The molecule has 3 rings (SSSR count). The summed E-state index contributed by atoms with van der Waals surface area (Å²) in [6, 6.07) is 14.0. The van der Waals surface area contributed by atoms with Crippen LogP contribution in [-0.4, -0.2) is 35.0 Å². The first-order chi connectivity index (χ1) is 15.8. The molecule has 0 saturated heterocycles. The Hall–Kier alpha value is -1.69. The van der Waals surface area contributed by atoms with Crippen molar-refractivity contribution in [3.8, 4) is 0 Å². The molecule has 0 atom stereocenters. The number of hydrogen-bond donors (Lipinski definition) is 1. The predicted octanol–water partition coefficient (Wildman–Crippen LogP) is 6.76. The molecule has 176 valence electrons. The highest BCUT2D eigenvalue weighted by Crippen LogP contribution is 2.33. The van der Waals surface area contributed by atoms with Crippen molar-refractivity contribution in [2.24, 2.45) is 0 Å². The lowest BCUT2D eigenvalue weighted by atomic mass is 9.77. The molecule has 2 heterocycles. The number of rotatable bonds is 11. The third-order valence-electron chi connectivity index (χ3n) is 5.87. The van der Waals surface area contributed by atoms with Crippen LogP contribution in [-0.2, 0) is 18.5 Å². The molecule has 0 amide bonds. The van der Waals surface area contributed by atoms with E-state index in [2.05, 4.69) is 59.3 Å². The Morgan fingerprint density at radius 3 is 2.42 bits per heavy atom. The van der Waals surface area contributed by atoms with Crippen molar-refractivity contribution in [2.45, 2.75) is 45.2 Å². The molecule has 0 aliphatic heterocycles. The number of nitrogens with one attached hydrogen (secondary N) is 1. The summed E-state index contributed by atoms with van der Waals surface area (Å²) in [7, 11) is 2.08.